The molecule has 0 aliphatic carbocycles. The molecule has 0 radical (unpaired) electrons. The highest BCUT2D eigenvalue weighted by molar-refractivity contribution is 7.91. The number of aryl methyl sites for hydroxylation is 1. The fourth-order valence-corrected chi connectivity index (χ4v) is 5.04. The van der Waals surface area contributed by atoms with Crippen molar-refractivity contribution in [3.63, 3.8) is 0 Å². The predicted molar refractivity (Wildman–Crippen MR) is 119 cm³/mol. The molecule has 0 amide bonds. The van der Waals surface area contributed by atoms with Gasteiger partial charge in [0.15, 0.2) is 0 Å². The number of nitrogens with one attached hydrogen (secondary N) is 1. The number of pyridine rings is 2. The van der Waals surface area contributed by atoms with Crippen LogP contribution in [0.3, 0.4) is 0 Å². The monoisotopic (exact) mass is 456 g/mol. The lowest BCUT2D eigenvalue weighted by Gasteiger charge is -2.19. The molecule has 0 saturated carbocycles. The van der Waals surface area contributed by atoms with Crippen LogP contribution in [0, 0.1) is 12.3 Å². The van der Waals surface area contributed by atoms with Gasteiger partial charge in [-0.2, -0.15) is 0 Å². The molecule has 0 bridgehead atoms. The summed E-state index contributed by atoms with van der Waals surface area (Å²) in [5.74, 6) is 0. The van der Waals surface area contributed by atoms with E-state index in [0.717, 1.165) is 5.56 Å². The first-order valence-electron chi connectivity index (χ1n) is 9.78. The van der Waals surface area contributed by atoms with Crippen molar-refractivity contribution in [3.8, 4) is 0 Å². The minimum Gasteiger partial charge on any atom is -0.307 e. The summed E-state index contributed by atoms with van der Waals surface area (Å²) in [4.78, 5) is 17.7. The molecule has 4 aromatic rings. The third-order valence-corrected chi connectivity index (χ3v) is 7.44. The van der Waals surface area contributed by atoms with Crippen LogP contribution in [0.2, 0.25) is 5.02 Å². The zero-order chi connectivity index (χ0) is 22.5. The Morgan fingerprint density at radius 3 is 2.48 bits per heavy atom. The van der Waals surface area contributed by atoms with E-state index in [0.29, 0.717) is 22.7 Å². The molecule has 9 heteroatoms. The maximum atomic E-state index is 13.4. The van der Waals surface area contributed by atoms with Gasteiger partial charge in [0.1, 0.15) is 21.7 Å². The first-order valence-corrected chi connectivity index (χ1v) is 11.6. The van der Waals surface area contributed by atoms with Crippen molar-refractivity contribution in [2.24, 2.45) is 0 Å². The van der Waals surface area contributed by atoms with E-state index in [1.807, 2.05) is 26.8 Å². The van der Waals surface area contributed by atoms with Crippen molar-refractivity contribution in [3.05, 3.63) is 75.1 Å². The lowest BCUT2D eigenvalue weighted by Crippen LogP contribution is -2.31. The van der Waals surface area contributed by atoms with Gasteiger partial charge in [-0.3, -0.25) is 14.6 Å². The molecule has 160 valence electrons. The van der Waals surface area contributed by atoms with Crippen LogP contribution in [0.4, 0.5) is 0 Å². The van der Waals surface area contributed by atoms with Crippen molar-refractivity contribution < 1.29 is 8.42 Å². The Hall–Kier alpha value is -2.97. The van der Waals surface area contributed by atoms with Gasteiger partial charge in [0.25, 0.3) is 5.56 Å². The first-order chi connectivity index (χ1) is 14.6. The molecule has 3 aromatic heterocycles. The van der Waals surface area contributed by atoms with Crippen molar-refractivity contribution >= 4 is 38.1 Å². The van der Waals surface area contributed by atoms with E-state index < -0.39 is 9.84 Å². The third-order valence-electron chi connectivity index (χ3n) is 5.41. The van der Waals surface area contributed by atoms with Crippen LogP contribution in [0.1, 0.15) is 31.9 Å². The molecule has 1 unspecified atom stereocenters. The molecule has 1 N–H and O–H groups in total. The molecule has 3 heterocycles. The topological polar surface area (TPSA) is 97.3 Å². The van der Waals surface area contributed by atoms with Gasteiger partial charge in [-0.15, -0.1) is 0 Å². The van der Waals surface area contributed by atoms with E-state index in [9.17, 15) is 13.2 Å². The van der Waals surface area contributed by atoms with E-state index in [4.69, 9.17) is 17.0 Å². The van der Waals surface area contributed by atoms with Crippen LogP contribution in [-0.4, -0.2) is 22.4 Å². The summed E-state index contributed by atoms with van der Waals surface area (Å²) in [6.45, 7) is 5.66. The number of sulfone groups is 1. The molecule has 1 aromatic carbocycles. The van der Waals surface area contributed by atoms with Gasteiger partial charge in [-0.25, -0.2) is 13.4 Å². The number of fused-ring (bicyclic) bond motifs is 2. The summed E-state index contributed by atoms with van der Waals surface area (Å²) < 4.78 is 29.7. The van der Waals surface area contributed by atoms with E-state index in [1.165, 1.54) is 39.3 Å². The van der Waals surface area contributed by atoms with Crippen LogP contribution >= 0.6 is 11.6 Å². The average molecular weight is 457 g/mol. The largest absolute Gasteiger partial charge is 0.307 e. The number of hydrogen-bond donors (Lipinski definition) is 1. The number of halogens is 1. The SMILES string of the molecule is CCC(C)n1c(=N)c(S(=O)(=O)c2ccc(Cl)cc2)cc2c(=O)n3cc(C)ccc3nc21. The van der Waals surface area contributed by atoms with Gasteiger partial charge in [0, 0.05) is 17.3 Å². The Morgan fingerprint density at radius 2 is 1.84 bits per heavy atom. The molecule has 4 rings (SSSR count). The van der Waals surface area contributed by atoms with Crippen molar-refractivity contribution in [1.29, 1.82) is 5.41 Å². The van der Waals surface area contributed by atoms with Crippen LogP contribution in [0.15, 0.2) is 63.2 Å². The maximum Gasteiger partial charge on any atom is 0.267 e. The standard InChI is InChI=1S/C22H21ClN4O3S/c1-4-14(3)27-20(24)18(31(29,30)16-8-6-15(23)7-9-16)11-17-21(27)25-19-10-5-13(2)12-26(19)22(17)28/h5-12,14,24H,4H2,1-3H3. The molecule has 0 aliphatic rings. The zero-order valence-corrected chi connectivity index (χ0v) is 18.8. The maximum absolute atomic E-state index is 13.4. The fourth-order valence-electron chi connectivity index (χ4n) is 3.54. The van der Waals surface area contributed by atoms with Crippen LogP contribution in [-0.2, 0) is 9.84 Å². The van der Waals surface area contributed by atoms with Gasteiger partial charge < -0.3 is 4.57 Å². The summed E-state index contributed by atoms with van der Waals surface area (Å²) in [6, 6.07) is 10.4. The van der Waals surface area contributed by atoms with E-state index in [1.54, 1.807) is 12.3 Å². The molecule has 0 fully saturated rings. The molecule has 0 spiro atoms. The molecular weight excluding hydrogens is 436 g/mol. The number of hydrogen-bond acceptors (Lipinski definition) is 5. The summed E-state index contributed by atoms with van der Waals surface area (Å²) in [7, 11) is -4.06. The summed E-state index contributed by atoms with van der Waals surface area (Å²) in [6.07, 6.45) is 2.30. The summed E-state index contributed by atoms with van der Waals surface area (Å²) in [5, 5.41) is 9.28. The van der Waals surface area contributed by atoms with Crippen LogP contribution in [0.5, 0.6) is 0 Å². The zero-order valence-electron chi connectivity index (χ0n) is 17.3. The quantitative estimate of drug-likeness (QED) is 0.471. The fraction of sp³-hybridized carbons (Fsp3) is 0.227. The van der Waals surface area contributed by atoms with E-state index in [-0.39, 0.29) is 32.3 Å². The van der Waals surface area contributed by atoms with E-state index >= 15 is 0 Å². The van der Waals surface area contributed by atoms with Gasteiger partial charge >= 0.3 is 0 Å². The average Bonchev–Trinajstić information content (AvgIpc) is 2.74. The lowest BCUT2D eigenvalue weighted by molar-refractivity contribution is 0.508. The van der Waals surface area contributed by atoms with Gasteiger partial charge in [-0.1, -0.05) is 24.6 Å². The molecule has 31 heavy (non-hydrogen) atoms. The molecule has 7 nitrogen and oxygen atoms in total. The number of benzene rings is 1. The van der Waals surface area contributed by atoms with Crippen molar-refractivity contribution in [2.75, 3.05) is 0 Å². The van der Waals surface area contributed by atoms with Crippen molar-refractivity contribution in [2.45, 2.75) is 43.0 Å². The molecule has 1 atom stereocenters. The Kier molecular flexibility index (Phi) is 5.23. The molecule has 0 saturated heterocycles. The Morgan fingerprint density at radius 1 is 1.16 bits per heavy atom. The number of rotatable bonds is 4. The Balaban J connectivity index is 2.17. The lowest BCUT2D eigenvalue weighted by atomic mass is 10.2. The minimum absolute atomic E-state index is 0.00477. The highest BCUT2D eigenvalue weighted by atomic mass is 35.5. The smallest absolute Gasteiger partial charge is 0.267 e. The first kappa shape index (κ1) is 21.3. The van der Waals surface area contributed by atoms with Gasteiger partial charge in [0.05, 0.1) is 10.3 Å². The predicted octanol–water partition coefficient (Wildman–Crippen LogP) is 3.89. The van der Waals surface area contributed by atoms with Crippen LogP contribution < -0.4 is 11.0 Å². The molecule has 0 aliphatic heterocycles. The van der Waals surface area contributed by atoms with Crippen LogP contribution in [0.25, 0.3) is 16.7 Å². The highest BCUT2D eigenvalue weighted by Gasteiger charge is 2.25. The Bertz CT molecular complexity index is 1550. The molecular formula is C22H21ClN4O3S. The summed E-state index contributed by atoms with van der Waals surface area (Å²) in [5.41, 5.74) is 1.02. The summed E-state index contributed by atoms with van der Waals surface area (Å²) >= 11 is 5.90. The Labute approximate surface area is 184 Å². The van der Waals surface area contributed by atoms with E-state index in [2.05, 4.69) is 4.98 Å². The van der Waals surface area contributed by atoms with Crippen molar-refractivity contribution in [1.82, 2.24) is 14.0 Å². The minimum atomic E-state index is -4.06. The number of nitrogens with zero attached hydrogens (tertiary/aromatic N) is 3. The second kappa shape index (κ2) is 7.62. The normalized spacial score (nSPS) is 13.0. The number of aromatic nitrogens is 3. The van der Waals surface area contributed by atoms with Gasteiger partial charge in [-0.05, 0) is 62.2 Å². The third kappa shape index (κ3) is 3.45. The second-order valence-electron chi connectivity index (χ2n) is 7.53. The highest BCUT2D eigenvalue weighted by Crippen LogP contribution is 2.24. The second-order valence-corrected chi connectivity index (χ2v) is 9.89. The van der Waals surface area contributed by atoms with Gasteiger partial charge in [0.2, 0.25) is 9.84 Å².